The first-order valence-electron chi connectivity index (χ1n) is 20.3. The van der Waals surface area contributed by atoms with Crippen molar-refractivity contribution in [1.29, 1.82) is 0 Å². The van der Waals surface area contributed by atoms with Crippen molar-refractivity contribution < 1.29 is 24.0 Å². The van der Waals surface area contributed by atoms with E-state index in [1.807, 2.05) is 25.7 Å². The zero-order valence-electron chi connectivity index (χ0n) is 33.1. The molecule has 286 valence electrons. The van der Waals surface area contributed by atoms with E-state index >= 15 is 0 Å². The van der Waals surface area contributed by atoms with E-state index in [0.29, 0.717) is 31.7 Å². The van der Waals surface area contributed by atoms with Crippen molar-refractivity contribution >= 4 is 29.2 Å². The fourth-order valence-corrected chi connectivity index (χ4v) is 11.3. The third kappa shape index (κ3) is 7.01. The number of rotatable bonds is 14. The standard InChI is InChI=1S/C42H68N4O5/c1-37(2,3)29(24-45-18-17-44-40(25-45)15-16-40)21-30(47)22-31(38(4,5)6)36(51)46-26-42(39(7,8)41(42)13-10-14-41)23-32(46)33(48)20-28(34(49)35(43)50)19-27-11-9-12-27/h27-29,31-32,44H,9-26H2,1-8H3,(H2,43,50)/t28?,29-,31-,32+,42-/m1/s1. The maximum absolute atomic E-state index is 15.0. The number of fused-ring (bicyclic) bond motifs is 1. The van der Waals surface area contributed by atoms with Crippen molar-refractivity contribution in [3.63, 3.8) is 0 Å². The zero-order chi connectivity index (χ0) is 37.4. The van der Waals surface area contributed by atoms with Crippen molar-refractivity contribution in [1.82, 2.24) is 15.1 Å². The summed E-state index contributed by atoms with van der Waals surface area (Å²) in [5.74, 6) is -2.58. The lowest BCUT2D eigenvalue weighted by Crippen LogP contribution is -2.54. The van der Waals surface area contributed by atoms with Gasteiger partial charge in [0.25, 0.3) is 5.91 Å². The molecule has 5 atom stereocenters. The smallest absolute Gasteiger partial charge is 0.285 e. The van der Waals surface area contributed by atoms with Gasteiger partial charge in [0, 0.05) is 74.8 Å². The molecular formula is C42H68N4O5. The lowest BCUT2D eigenvalue weighted by Gasteiger charge is -2.40. The summed E-state index contributed by atoms with van der Waals surface area (Å²) < 4.78 is 0. The van der Waals surface area contributed by atoms with E-state index in [1.54, 1.807) is 0 Å². The van der Waals surface area contributed by atoms with Gasteiger partial charge in [0.05, 0.1) is 6.04 Å². The van der Waals surface area contributed by atoms with Gasteiger partial charge >= 0.3 is 0 Å². The Hall–Kier alpha value is -2.13. The maximum Gasteiger partial charge on any atom is 0.285 e. The van der Waals surface area contributed by atoms with Gasteiger partial charge in [0.2, 0.25) is 11.7 Å². The molecular weight excluding hydrogens is 640 g/mol. The van der Waals surface area contributed by atoms with Crippen LogP contribution in [0.3, 0.4) is 0 Å². The van der Waals surface area contributed by atoms with Crippen molar-refractivity contribution in [3.05, 3.63) is 0 Å². The van der Waals surface area contributed by atoms with Crippen LogP contribution in [0.4, 0.5) is 0 Å². The number of nitrogens with zero attached hydrogens (tertiary/aromatic N) is 2. The second-order valence-corrected chi connectivity index (χ2v) is 20.8. The number of carbonyl (C=O) groups is 5. The van der Waals surface area contributed by atoms with Gasteiger partial charge in [-0.1, -0.05) is 81.1 Å². The molecule has 0 radical (unpaired) electrons. The van der Waals surface area contributed by atoms with Gasteiger partial charge in [0.15, 0.2) is 5.78 Å². The minimum Gasteiger partial charge on any atom is -0.363 e. The quantitative estimate of drug-likeness (QED) is 0.221. The molecule has 9 heteroatoms. The van der Waals surface area contributed by atoms with Crippen LogP contribution in [0.5, 0.6) is 0 Å². The first-order chi connectivity index (χ1) is 23.7. The van der Waals surface area contributed by atoms with Crippen molar-refractivity contribution in [3.8, 4) is 0 Å². The van der Waals surface area contributed by atoms with Crippen LogP contribution in [-0.2, 0) is 24.0 Å². The highest BCUT2D eigenvalue weighted by Crippen LogP contribution is 2.88. The molecule has 6 rings (SSSR count). The maximum atomic E-state index is 15.0. The molecule has 1 unspecified atom stereocenters. The Kier molecular flexibility index (Phi) is 10.1. The normalized spacial score (nSPS) is 29.6. The van der Waals surface area contributed by atoms with Crippen LogP contribution in [0.25, 0.3) is 0 Å². The highest BCUT2D eigenvalue weighted by molar-refractivity contribution is 6.36. The minimum atomic E-state index is -0.983. The summed E-state index contributed by atoms with van der Waals surface area (Å²) in [5, 5.41) is 3.70. The molecule has 0 aromatic rings. The van der Waals surface area contributed by atoms with Gasteiger partial charge in [-0.2, -0.15) is 0 Å². The summed E-state index contributed by atoms with van der Waals surface area (Å²) in [6.45, 7) is 21.8. The summed E-state index contributed by atoms with van der Waals surface area (Å²) >= 11 is 0. The van der Waals surface area contributed by atoms with Gasteiger partial charge in [0.1, 0.15) is 5.78 Å². The number of primary amides is 1. The van der Waals surface area contributed by atoms with Crippen LogP contribution in [0.2, 0.25) is 0 Å². The monoisotopic (exact) mass is 709 g/mol. The van der Waals surface area contributed by atoms with Gasteiger partial charge in [-0.05, 0) is 72.0 Å². The Morgan fingerprint density at radius 3 is 2.00 bits per heavy atom. The molecule has 51 heavy (non-hydrogen) atoms. The average molecular weight is 709 g/mol. The molecule has 6 fully saturated rings. The van der Waals surface area contributed by atoms with E-state index in [2.05, 4.69) is 44.8 Å². The molecule has 6 aliphatic rings. The second kappa shape index (κ2) is 13.3. The van der Waals surface area contributed by atoms with Crippen LogP contribution in [0.1, 0.15) is 139 Å². The number of carbonyl (C=O) groups excluding carboxylic acids is 5. The third-order valence-electron chi connectivity index (χ3n) is 15.6. The molecule has 0 bridgehead atoms. The Balaban J connectivity index is 1.22. The van der Waals surface area contributed by atoms with Gasteiger partial charge in [-0.3, -0.25) is 28.9 Å². The predicted octanol–water partition coefficient (Wildman–Crippen LogP) is 5.72. The van der Waals surface area contributed by atoms with Gasteiger partial charge in [-0.15, -0.1) is 0 Å². The number of hydrogen-bond acceptors (Lipinski definition) is 7. The largest absolute Gasteiger partial charge is 0.363 e. The summed E-state index contributed by atoms with van der Waals surface area (Å²) in [6, 6.07) is -0.661. The minimum absolute atomic E-state index is 0.00379. The summed E-state index contributed by atoms with van der Waals surface area (Å²) in [4.78, 5) is 73.0. The van der Waals surface area contributed by atoms with Crippen molar-refractivity contribution in [2.75, 3.05) is 32.7 Å². The zero-order valence-corrected chi connectivity index (χ0v) is 33.1. The van der Waals surface area contributed by atoms with Crippen LogP contribution in [0.15, 0.2) is 0 Å². The number of likely N-dealkylation sites (tertiary alicyclic amines) is 1. The van der Waals surface area contributed by atoms with Crippen LogP contribution in [-0.4, -0.2) is 83.3 Å². The number of piperazine rings is 1. The van der Waals surface area contributed by atoms with Crippen LogP contribution >= 0.6 is 0 Å². The van der Waals surface area contributed by atoms with Crippen LogP contribution in [0, 0.1) is 50.7 Å². The number of ketones is 3. The third-order valence-corrected chi connectivity index (χ3v) is 15.6. The topological polar surface area (TPSA) is 130 Å². The summed E-state index contributed by atoms with van der Waals surface area (Å²) in [7, 11) is 0. The Labute approximate surface area is 307 Å². The van der Waals surface area contributed by atoms with E-state index in [1.165, 1.54) is 12.8 Å². The molecule has 4 saturated carbocycles. The molecule has 2 amide bonds. The predicted molar refractivity (Wildman–Crippen MR) is 198 cm³/mol. The molecule has 9 nitrogen and oxygen atoms in total. The number of hydrogen-bond donors (Lipinski definition) is 2. The van der Waals surface area contributed by atoms with E-state index < -0.39 is 35.0 Å². The SMILES string of the molecule is CC(C)(C)[C@H](CC(=O)C[C@H](C(=O)N1C[C@]2(C[C@H]1C(=O)CC(CC1CCC1)C(=O)C(N)=O)C(C)(C)C21CCC1)C(C)(C)C)CN1CCNC2(CC2)C1. The molecule has 3 spiro atoms. The van der Waals surface area contributed by atoms with Crippen LogP contribution < -0.4 is 11.1 Å². The number of nitrogens with one attached hydrogen (secondary N) is 1. The fraction of sp³-hybridized carbons (Fsp3) is 0.881. The van der Waals surface area contributed by atoms with Crippen molar-refractivity contribution in [2.24, 2.45) is 56.5 Å². The average Bonchev–Trinajstić information content (AvgIpc) is 3.73. The number of nitrogens with two attached hydrogens (primary N) is 1. The molecule has 2 heterocycles. The van der Waals surface area contributed by atoms with Gasteiger partial charge in [-0.25, -0.2) is 0 Å². The lowest BCUT2D eigenvalue weighted by molar-refractivity contribution is -0.147. The molecule has 4 aliphatic carbocycles. The van der Waals surface area contributed by atoms with E-state index in [0.717, 1.165) is 64.7 Å². The highest BCUT2D eigenvalue weighted by Gasteiger charge is 2.85. The molecule has 0 aromatic heterocycles. The summed E-state index contributed by atoms with van der Waals surface area (Å²) in [6.07, 6.45) is 10.5. The Morgan fingerprint density at radius 2 is 1.51 bits per heavy atom. The second-order valence-electron chi connectivity index (χ2n) is 20.8. The van der Waals surface area contributed by atoms with Gasteiger partial charge < -0.3 is 16.0 Å². The highest BCUT2D eigenvalue weighted by atomic mass is 16.2. The lowest BCUT2D eigenvalue weighted by atomic mass is 9.73. The Morgan fingerprint density at radius 1 is 0.843 bits per heavy atom. The molecule has 3 N–H and O–H groups in total. The van der Waals surface area contributed by atoms with E-state index in [9.17, 15) is 24.0 Å². The first kappa shape index (κ1) is 38.6. The molecule has 2 aliphatic heterocycles. The first-order valence-corrected chi connectivity index (χ1v) is 20.3. The van der Waals surface area contributed by atoms with Crippen molar-refractivity contribution in [2.45, 2.75) is 150 Å². The van der Waals surface area contributed by atoms with E-state index in [4.69, 9.17) is 5.73 Å². The fourth-order valence-electron chi connectivity index (χ4n) is 11.3. The summed E-state index contributed by atoms with van der Waals surface area (Å²) in [5.41, 5.74) is 5.16. The number of amides is 2. The number of Topliss-reactive ketones (excluding diaryl/α,β-unsaturated/α-hetero) is 3. The van der Waals surface area contributed by atoms with E-state index in [-0.39, 0.29) is 63.4 Å². The Bertz CT molecular complexity index is 1410. The molecule has 0 aromatic carbocycles. The molecule has 2 saturated heterocycles.